The van der Waals surface area contributed by atoms with Gasteiger partial charge in [-0.25, -0.2) is 8.78 Å². The van der Waals surface area contributed by atoms with Gasteiger partial charge in [-0.2, -0.15) is 0 Å². The number of carbonyl (C=O) groups is 1. The highest BCUT2D eigenvalue weighted by Crippen LogP contribution is 2.32. The Bertz CT molecular complexity index is 438. The summed E-state index contributed by atoms with van der Waals surface area (Å²) in [6.07, 6.45) is 0.114. The van der Waals surface area contributed by atoms with Crippen molar-refractivity contribution < 1.29 is 18.7 Å². The minimum absolute atomic E-state index is 0.0614. The molecule has 1 heterocycles. The van der Waals surface area contributed by atoms with Crippen LogP contribution in [0.1, 0.15) is 24.9 Å². The van der Waals surface area contributed by atoms with Crippen molar-refractivity contribution in [1.82, 2.24) is 4.90 Å². The molecule has 0 spiro atoms. The summed E-state index contributed by atoms with van der Waals surface area (Å²) in [6, 6.07) is 3.45. The molecule has 0 amide bonds. The molecule has 0 radical (unpaired) electrons. The van der Waals surface area contributed by atoms with Crippen LogP contribution in [0.5, 0.6) is 0 Å². The van der Waals surface area contributed by atoms with E-state index in [4.69, 9.17) is 5.11 Å². The van der Waals surface area contributed by atoms with Gasteiger partial charge in [0.1, 0.15) is 11.6 Å². The first-order chi connectivity index (χ1) is 8.49. The van der Waals surface area contributed by atoms with Crippen molar-refractivity contribution in [2.45, 2.75) is 19.4 Å². The fourth-order valence-electron chi connectivity index (χ4n) is 2.39. The molecule has 1 fully saturated rings. The molecule has 2 rings (SSSR count). The highest BCUT2D eigenvalue weighted by Gasteiger charge is 2.34. The molecule has 0 aromatic heterocycles. The normalized spacial score (nSPS) is 18.4. The second-order valence-electron chi connectivity index (χ2n) is 4.73. The third-order valence-corrected chi connectivity index (χ3v) is 3.41. The maximum atomic E-state index is 13.6. The molecule has 1 N–H and O–H groups in total. The van der Waals surface area contributed by atoms with E-state index >= 15 is 0 Å². The second kappa shape index (κ2) is 5.02. The van der Waals surface area contributed by atoms with Crippen molar-refractivity contribution in [2.75, 3.05) is 13.1 Å². The lowest BCUT2D eigenvalue weighted by atomic mass is 9.92. The van der Waals surface area contributed by atoms with Gasteiger partial charge < -0.3 is 5.11 Å². The van der Waals surface area contributed by atoms with Crippen LogP contribution in [0.2, 0.25) is 0 Å². The maximum absolute atomic E-state index is 13.6. The van der Waals surface area contributed by atoms with Crippen LogP contribution in [0.4, 0.5) is 8.78 Å². The summed E-state index contributed by atoms with van der Waals surface area (Å²) in [5.74, 6) is -1.85. The minimum atomic E-state index is -0.829. The summed E-state index contributed by atoms with van der Waals surface area (Å²) in [5, 5.41) is 8.64. The average Bonchev–Trinajstić information content (AvgIpc) is 2.22. The van der Waals surface area contributed by atoms with Gasteiger partial charge in [0.2, 0.25) is 0 Å². The largest absolute Gasteiger partial charge is 0.481 e. The summed E-state index contributed by atoms with van der Waals surface area (Å²) >= 11 is 0. The first-order valence-corrected chi connectivity index (χ1v) is 5.88. The molecule has 98 valence electrons. The molecule has 3 nitrogen and oxygen atoms in total. The molecule has 1 aromatic carbocycles. The van der Waals surface area contributed by atoms with Crippen LogP contribution in [0, 0.1) is 17.6 Å². The summed E-state index contributed by atoms with van der Waals surface area (Å²) in [5.41, 5.74) is 0.0614. The van der Waals surface area contributed by atoms with Crippen LogP contribution < -0.4 is 0 Å². The van der Waals surface area contributed by atoms with Crippen molar-refractivity contribution in [2.24, 2.45) is 5.92 Å². The van der Waals surface area contributed by atoms with Crippen molar-refractivity contribution in [3.8, 4) is 0 Å². The van der Waals surface area contributed by atoms with Gasteiger partial charge in [-0.05, 0) is 25.0 Å². The zero-order chi connectivity index (χ0) is 13.3. The lowest BCUT2D eigenvalue weighted by molar-refractivity contribution is -0.139. The van der Waals surface area contributed by atoms with Crippen molar-refractivity contribution in [3.63, 3.8) is 0 Å². The number of hydrogen-bond donors (Lipinski definition) is 1. The van der Waals surface area contributed by atoms with E-state index in [1.54, 1.807) is 6.92 Å². The van der Waals surface area contributed by atoms with E-state index in [9.17, 15) is 13.6 Å². The fraction of sp³-hybridized carbons (Fsp3) is 0.462. The Morgan fingerprint density at radius 2 is 2.00 bits per heavy atom. The Morgan fingerprint density at radius 3 is 2.50 bits per heavy atom. The van der Waals surface area contributed by atoms with Crippen molar-refractivity contribution in [3.05, 3.63) is 35.4 Å². The predicted octanol–water partition coefficient (Wildman–Crippen LogP) is 2.43. The van der Waals surface area contributed by atoms with Crippen LogP contribution in [0.25, 0.3) is 0 Å². The molecule has 18 heavy (non-hydrogen) atoms. The van der Waals surface area contributed by atoms with Gasteiger partial charge in [0.25, 0.3) is 0 Å². The monoisotopic (exact) mass is 255 g/mol. The molecule has 1 aromatic rings. The van der Waals surface area contributed by atoms with Gasteiger partial charge in [0.15, 0.2) is 0 Å². The van der Waals surface area contributed by atoms with Crippen molar-refractivity contribution >= 4 is 5.97 Å². The third-order valence-electron chi connectivity index (χ3n) is 3.41. The van der Waals surface area contributed by atoms with Gasteiger partial charge in [-0.15, -0.1) is 0 Å². The lowest BCUT2D eigenvalue weighted by Crippen LogP contribution is -2.48. The van der Waals surface area contributed by atoms with Crippen LogP contribution in [-0.4, -0.2) is 29.1 Å². The molecule has 1 atom stereocenters. The molecule has 1 aliphatic heterocycles. The van der Waals surface area contributed by atoms with Gasteiger partial charge in [0.05, 0.1) is 6.42 Å². The molecule has 5 heteroatoms. The van der Waals surface area contributed by atoms with Crippen LogP contribution in [0.3, 0.4) is 0 Å². The van der Waals surface area contributed by atoms with E-state index in [0.29, 0.717) is 13.1 Å². The predicted molar refractivity (Wildman–Crippen MR) is 62.1 cm³/mol. The van der Waals surface area contributed by atoms with E-state index < -0.39 is 17.6 Å². The standard InChI is InChI=1S/C13H15F2NO2/c1-8(13-10(14)3-2-4-11(13)15)16-6-9(7-16)5-12(17)18/h2-4,8-9H,5-7H2,1H3,(H,17,18). The number of benzene rings is 1. The summed E-state index contributed by atoms with van der Waals surface area (Å²) in [4.78, 5) is 12.4. The SMILES string of the molecule is CC(c1c(F)cccc1F)N1CC(CC(=O)O)C1. The van der Waals surface area contributed by atoms with E-state index in [1.807, 2.05) is 4.90 Å². The Labute approximate surface area is 104 Å². The molecular weight excluding hydrogens is 240 g/mol. The summed E-state index contributed by atoms with van der Waals surface area (Å²) in [6.45, 7) is 2.88. The Morgan fingerprint density at radius 1 is 1.44 bits per heavy atom. The van der Waals surface area contributed by atoms with E-state index in [0.717, 1.165) is 0 Å². The quantitative estimate of drug-likeness (QED) is 0.898. The molecular formula is C13H15F2NO2. The minimum Gasteiger partial charge on any atom is -0.481 e. The average molecular weight is 255 g/mol. The Balaban J connectivity index is 2.02. The fourth-order valence-corrected chi connectivity index (χ4v) is 2.39. The molecule has 0 bridgehead atoms. The van der Waals surface area contributed by atoms with E-state index in [-0.39, 0.29) is 23.9 Å². The molecule has 1 saturated heterocycles. The Kier molecular flexibility index (Phi) is 3.61. The first-order valence-electron chi connectivity index (χ1n) is 5.88. The van der Waals surface area contributed by atoms with Gasteiger partial charge in [-0.1, -0.05) is 6.07 Å². The van der Waals surface area contributed by atoms with Gasteiger partial charge in [0, 0.05) is 24.7 Å². The highest BCUT2D eigenvalue weighted by atomic mass is 19.1. The molecule has 1 aliphatic rings. The van der Waals surface area contributed by atoms with Crippen molar-refractivity contribution in [1.29, 1.82) is 0 Å². The van der Waals surface area contributed by atoms with Crippen LogP contribution in [-0.2, 0) is 4.79 Å². The Hall–Kier alpha value is -1.49. The van der Waals surface area contributed by atoms with Gasteiger partial charge >= 0.3 is 5.97 Å². The number of carboxylic acids is 1. The molecule has 0 saturated carbocycles. The molecule has 1 unspecified atom stereocenters. The topological polar surface area (TPSA) is 40.5 Å². The zero-order valence-electron chi connectivity index (χ0n) is 10.1. The molecule has 0 aliphatic carbocycles. The number of hydrogen-bond acceptors (Lipinski definition) is 2. The van der Waals surface area contributed by atoms with E-state index in [1.165, 1.54) is 18.2 Å². The van der Waals surface area contributed by atoms with Crippen LogP contribution >= 0.6 is 0 Å². The van der Waals surface area contributed by atoms with Crippen LogP contribution in [0.15, 0.2) is 18.2 Å². The summed E-state index contributed by atoms with van der Waals surface area (Å²) < 4.78 is 27.1. The number of rotatable bonds is 4. The number of likely N-dealkylation sites (tertiary alicyclic amines) is 1. The van der Waals surface area contributed by atoms with Gasteiger partial charge in [-0.3, -0.25) is 9.69 Å². The van der Waals surface area contributed by atoms with E-state index in [2.05, 4.69) is 0 Å². The third kappa shape index (κ3) is 2.51. The lowest BCUT2D eigenvalue weighted by Gasteiger charge is -2.42. The first kappa shape index (κ1) is 13.0. The zero-order valence-corrected chi connectivity index (χ0v) is 10.1. The highest BCUT2D eigenvalue weighted by molar-refractivity contribution is 5.67. The number of aliphatic carboxylic acids is 1. The second-order valence-corrected chi connectivity index (χ2v) is 4.73. The number of halogens is 2. The number of carboxylic acid groups (broad SMARTS) is 1. The summed E-state index contributed by atoms with van der Waals surface area (Å²) in [7, 11) is 0. The maximum Gasteiger partial charge on any atom is 0.303 e. The number of nitrogens with zero attached hydrogens (tertiary/aromatic N) is 1. The smallest absolute Gasteiger partial charge is 0.303 e.